The van der Waals surface area contributed by atoms with Gasteiger partial charge in [-0.2, -0.15) is 5.10 Å². The van der Waals surface area contributed by atoms with E-state index >= 15 is 0 Å². The lowest BCUT2D eigenvalue weighted by Gasteiger charge is -2.11. The molecule has 1 aromatic carbocycles. The van der Waals surface area contributed by atoms with Gasteiger partial charge in [0.15, 0.2) is 5.69 Å². The summed E-state index contributed by atoms with van der Waals surface area (Å²) >= 11 is 0. The average Bonchev–Trinajstić information content (AvgIpc) is 3.01. The highest BCUT2D eigenvalue weighted by Crippen LogP contribution is 2.24. The second-order valence-corrected chi connectivity index (χ2v) is 6.99. The molecule has 7 heteroatoms. The minimum atomic E-state index is -0.442. The van der Waals surface area contributed by atoms with Crippen LogP contribution in [0, 0.1) is 19.8 Å². The summed E-state index contributed by atoms with van der Waals surface area (Å²) < 4.78 is 7.12. The van der Waals surface area contributed by atoms with E-state index in [4.69, 9.17) is 4.74 Å². The van der Waals surface area contributed by atoms with Crippen molar-refractivity contribution in [1.29, 1.82) is 0 Å². The number of nitrogens with zero attached hydrogens (tertiary/aromatic N) is 2. The van der Waals surface area contributed by atoms with Crippen molar-refractivity contribution < 1.29 is 14.3 Å². The van der Waals surface area contributed by atoms with Gasteiger partial charge < -0.3 is 4.74 Å². The largest absolute Gasteiger partial charge is 0.496 e. The Morgan fingerprint density at radius 1 is 1.11 bits per heavy atom. The maximum atomic E-state index is 12.4. The van der Waals surface area contributed by atoms with E-state index in [1.165, 1.54) is 0 Å². The van der Waals surface area contributed by atoms with Crippen molar-refractivity contribution in [3.8, 4) is 5.75 Å². The van der Waals surface area contributed by atoms with Gasteiger partial charge in [0.25, 0.3) is 11.8 Å². The minimum absolute atomic E-state index is 0.287. The number of aryl methyl sites for hydroxylation is 3. The van der Waals surface area contributed by atoms with Crippen molar-refractivity contribution in [1.82, 2.24) is 20.6 Å². The second kappa shape index (κ2) is 8.70. The van der Waals surface area contributed by atoms with Crippen molar-refractivity contribution in [3.05, 3.63) is 46.3 Å². The first-order valence-electron chi connectivity index (χ1n) is 9.09. The summed E-state index contributed by atoms with van der Waals surface area (Å²) in [4.78, 5) is 24.7. The normalized spacial score (nSPS) is 10.8. The molecule has 1 aromatic heterocycles. The molecule has 0 radical (unpaired) electrons. The number of rotatable bonds is 6. The van der Waals surface area contributed by atoms with Gasteiger partial charge in [-0.1, -0.05) is 13.8 Å². The third-order valence-electron chi connectivity index (χ3n) is 4.23. The van der Waals surface area contributed by atoms with Gasteiger partial charge in [-0.05, 0) is 62.4 Å². The van der Waals surface area contributed by atoms with Gasteiger partial charge in [0.05, 0.1) is 7.11 Å². The zero-order valence-electron chi connectivity index (χ0n) is 16.8. The number of hydrogen-bond donors (Lipinski definition) is 2. The van der Waals surface area contributed by atoms with Gasteiger partial charge >= 0.3 is 0 Å². The molecule has 0 spiro atoms. The first-order valence-corrected chi connectivity index (χ1v) is 9.09. The monoisotopic (exact) mass is 372 g/mol. The van der Waals surface area contributed by atoms with Crippen molar-refractivity contribution in [3.63, 3.8) is 0 Å². The minimum Gasteiger partial charge on any atom is -0.496 e. The van der Waals surface area contributed by atoms with Gasteiger partial charge in [0.1, 0.15) is 5.75 Å². The number of hydrogen-bond acceptors (Lipinski definition) is 4. The Labute approximate surface area is 160 Å². The summed E-state index contributed by atoms with van der Waals surface area (Å²) in [5, 5.41) is 4.32. The molecule has 0 saturated heterocycles. The van der Waals surface area contributed by atoms with E-state index in [0.29, 0.717) is 18.0 Å². The van der Waals surface area contributed by atoms with E-state index in [1.54, 1.807) is 25.3 Å². The number of amides is 2. The fourth-order valence-corrected chi connectivity index (χ4v) is 3.08. The fraction of sp³-hybridized carbons (Fsp3) is 0.450. The Hall–Kier alpha value is -2.83. The van der Waals surface area contributed by atoms with Crippen LogP contribution in [-0.2, 0) is 13.0 Å². The number of hydrazine groups is 1. The van der Waals surface area contributed by atoms with Crippen LogP contribution in [0.3, 0.4) is 0 Å². The lowest BCUT2D eigenvalue weighted by atomic mass is 10.1. The van der Waals surface area contributed by atoms with Gasteiger partial charge in [0, 0.05) is 17.8 Å². The molecular weight excluding hydrogens is 344 g/mol. The Kier molecular flexibility index (Phi) is 6.60. The molecule has 0 fully saturated rings. The van der Waals surface area contributed by atoms with E-state index < -0.39 is 11.8 Å². The molecule has 1 heterocycles. The van der Waals surface area contributed by atoms with Crippen LogP contribution in [0.5, 0.6) is 5.75 Å². The Morgan fingerprint density at radius 3 is 2.22 bits per heavy atom. The van der Waals surface area contributed by atoms with Gasteiger partial charge in [-0.15, -0.1) is 0 Å². The topological polar surface area (TPSA) is 85.3 Å². The molecule has 0 bridgehead atoms. The smallest absolute Gasteiger partial charge is 0.290 e. The summed E-state index contributed by atoms with van der Waals surface area (Å²) in [6.45, 7) is 10.6. The molecule has 0 unspecified atom stereocenters. The number of nitrogens with one attached hydrogen (secondary N) is 2. The number of carbonyl (C=O) groups excluding carboxylic acids is 2. The molecule has 0 saturated carbocycles. The molecule has 0 atom stereocenters. The van der Waals surface area contributed by atoms with Crippen LogP contribution in [0.25, 0.3) is 0 Å². The maximum absolute atomic E-state index is 12.4. The highest BCUT2D eigenvalue weighted by molar-refractivity contribution is 5.98. The summed E-state index contributed by atoms with van der Waals surface area (Å²) in [6, 6.07) is 5.21. The zero-order chi connectivity index (χ0) is 20.1. The van der Waals surface area contributed by atoms with Crippen LogP contribution in [0.2, 0.25) is 0 Å². The predicted octanol–water partition coefficient (Wildman–Crippen LogP) is 2.80. The van der Waals surface area contributed by atoms with Crippen molar-refractivity contribution in [2.45, 2.75) is 47.6 Å². The van der Waals surface area contributed by atoms with Crippen molar-refractivity contribution in [2.24, 2.45) is 5.92 Å². The highest BCUT2D eigenvalue weighted by atomic mass is 16.5. The fourth-order valence-electron chi connectivity index (χ4n) is 3.08. The third-order valence-corrected chi connectivity index (χ3v) is 4.23. The standard InChI is InChI=1S/C20H28N4O3/c1-7-24-16(8-12(2)3)11-17(23-24)20(26)22-21-19(25)15-9-13(4)18(27-6)14(5)10-15/h9-12H,7-8H2,1-6H3,(H,21,25)(H,22,26). The SMILES string of the molecule is CCn1nc(C(=O)NNC(=O)c2cc(C)c(OC)c(C)c2)cc1CC(C)C. The quantitative estimate of drug-likeness (QED) is 0.764. The molecule has 0 aliphatic rings. The average molecular weight is 372 g/mol. The van der Waals surface area contributed by atoms with Crippen LogP contribution in [0.1, 0.15) is 58.4 Å². The van der Waals surface area contributed by atoms with Crippen LogP contribution in [0.15, 0.2) is 18.2 Å². The van der Waals surface area contributed by atoms with E-state index in [-0.39, 0.29) is 5.69 Å². The Balaban J connectivity index is 2.07. The van der Waals surface area contributed by atoms with Gasteiger partial charge in [-0.25, -0.2) is 0 Å². The highest BCUT2D eigenvalue weighted by Gasteiger charge is 2.16. The molecule has 2 amide bonds. The van der Waals surface area contributed by atoms with Crippen molar-refractivity contribution >= 4 is 11.8 Å². The van der Waals surface area contributed by atoms with Crippen LogP contribution in [0.4, 0.5) is 0 Å². The number of benzene rings is 1. The van der Waals surface area contributed by atoms with Crippen molar-refractivity contribution in [2.75, 3.05) is 7.11 Å². The maximum Gasteiger partial charge on any atom is 0.290 e. The molecule has 0 aliphatic heterocycles. The number of aromatic nitrogens is 2. The molecule has 27 heavy (non-hydrogen) atoms. The molecule has 2 rings (SSSR count). The summed E-state index contributed by atoms with van der Waals surface area (Å²) in [5.41, 5.74) is 8.34. The van der Waals surface area contributed by atoms with Gasteiger partial charge in [-0.3, -0.25) is 25.1 Å². The van der Waals surface area contributed by atoms with Crippen LogP contribution in [-0.4, -0.2) is 28.7 Å². The van der Waals surface area contributed by atoms with Crippen LogP contribution < -0.4 is 15.6 Å². The number of ether oxygens (including phenoxy) is 1. The van der Waals surface area contributed by atoms with E-state index in [2.05, 4.69) is 29.8 Å². The van der Waals surface area contributed by atoms with E-state index in [0.717, 1.165) is 29.0 Å². The summed E-state index contributed by atoms with van der Waals surface area (Å²) in [6.07, 6.45) is 0.838. The molecular formula is C20H28N4O3. The Bertz CT molecular complexity index is 817. The van der Waals surface area contributed by atoms with E-state index in [9.17, 15) is 9.59 Å². The van der Waals surface area contributed by atoms with E-state index in [1.807, 2.05) is 25.5 Å². The van der Waals surface area contributed by atoms with Crippen LogP contribution >= 0.6 is 0 Å². The second-order valence-electron chi connectivity index (χ2n) is 6.99. The summed E-state index contributed by atoms with van der Waals surface area (Å²) in [7, 11) is 1.60. The first-order chi connectivity index (χ1) is 12.8. The first kappa shape index (κ1) is 20.5. The third kappa shape index (κ3) is 4.87. The predicted molar refractivity (Wildman–Crippen MR) is 104 cm³/mol. The number of methoxy groups -OCH3 is 1. The lowest BCUT2D eigenvalue weighted by Crippen LogP contribution is -2.41. The molecule has 146 valence electrons. The molecule has 0 aliphatic carbocycles. The van der Waals surface area contributed by atoms with Gasteiger partial charge in [0.2, 0.25) is 0 Å². The lowest BCUT2D eigenvalue weighted by molar-refractivity contribution is 0.0843. The molecule has 2 aromatic rings. The Morgan fingerprint density at radius 2 is 1.70 bits per heavy atom. The summed E-state index contributed by atoms with van der Waals surface area (Å²) in [5.74, 6) is 0.375. The molecule has 7 nitrogen and oxygen atoms in total. The number of carbonyl (C=O) groups is 2. The molecule has 2 N–H and O–H groups in total. The zero-order valence-corrected chi connectivity index (χ0v) is 16.8.